The first-order valence-electron chi connectivity index (χ1n) is 8.95. The Morgan fingerprint density at radius 1 is 0.833 bits per heavy atom. The quantitative estimate of drug-likeness (QED) is 0.430. The molecule has 0 saturated carbocycles. The molecule has 2 unspecified atom stereocenters. The van der Waals surface area contributed by atoms with E-state index < -0.39 is 17.6 Å². The van der Waals surface area contributed by atoms with Crippen molar-refractivity contribution in [2.45, 2.75) is 71.8 Å². The van der Waals surface area contributed by atoms with E-state index in [0.717, 1.165) is 31.5 Å². The summed E-state index contributed by atoms with van der Waals surface area (Å²) in [6, 6.07) is 1.51. The lowest BCUT2D eigenvalue weighted by Gasteiger charge is -2.39. The van der Waals surface area contributed by atoms with Crippen molar-refractivity contribution in [3.63, 3.8) is 0 Å². The van der Waals surface area contributed by atoms with E-state index in [9.17, 15) is 0 Å². The fraction of sp³-hybridized carbons (Fsp3) is 1.00. The molecule has 0 rings (SSSR count). The molecule has 0 spiro atoms. The topological polar surface area (TPSA) is 49.4 Å². The fourth-order valence-electron chi connectivity index (χ4n) is 2.52. The summed E-state index contributed by atoms with van der Waals surface area (Å²) in [4.78, 5) is 2.15. The van der Waals surface area contributed by atoms with Gasteiger partial charge in [-0.1, -0.05) is 13.3 Å². The summed E-state index contributed by atoms with van der Waals surface area (Å²) in [5, 5.41) is 0. The smallest absolute Gasteiger partial charge is 0.377 e. The maximum absolute atomic E-state index is 6.54. The van der Waals surface area contributed by atoms with Gasteiger partial charge in [0.15, 0.2) is 0 Å². The molecule has 0 fully saturated rings. The van der Waals surface area contributed by atoms with Crippen LogP contribution in [0.4, 0.5) is 0 Å². The van der Waals surface area contributed by atoms with Gasteiger partial charge >= 0.3 is 17.6 Å². The van der Waals surface area contributed by atoms with Crippen LogP contribution in [0.3, 0.4) is 0 Å². The minimum absolute atomic E-state index is 0.0280. The highest BCUT2D eigenvalue weighted by Gasteiger charge is 2.53. The van der Waals surface area contributed by atoms with Crippen LogP contribution in [-0.4, -0.2) is 69.6 Å². The molecule has 0 aliphatic rings. The lowest BCUT2D eigenvalue weighted by molar-refractivity contribution is 0.0336. The van der Waals surface area contributed by atoms with Gasteiger partial charge in [0.05, 0.1) is 0 Å². The van der Waals surface area contributed by atoms with Crippen LogP contribution < -0.4 is 0 Å². The standard InChI is InChI=1S/C16H39NO5Si2/c1-10-13-23(18-8,20-15(2)3)22-24(19-9,21-16(4)5)14-11-12-17(6)7/h15-16H,10-14H2,1-9H3. The van der Waals surface area contributed by atoms with Crippen molar-refractivity contribution in [1.82, 2.24) is 4.90 Å². The van der Waals surface area contributed by atoms with Gasteiger partial charge in [-0.3, -0.25) is 0 Å². The van der Waals surface area contributed by atoms with Crippen LogP contribution in [0, 0.1) is 0 Å². The second-order valence-electron chi connectivity index (χ2n) is 6.87. The van der Waals surface area contributed by atoms with E-state index in [2.05, 4.69) is 25.9 Å². The third-order valence-corrected chi connectivity index (χ3v) is 10.9. The van der Waals surface area contributed by atoms with E-state index >= 15 is 0 Å². The van der Waals surface area contributed by atoms with E-state index in [1.54, 1.807) is 14.2 Å². The summed E-state index contributed by atoms with van der Waals surface area (Å²) in [5.41, 5.74) is 0. The maximum atomic E-state index is 6.54. The van der Waals surface area contributed by atoms with E-state index in [0.29, 0.717) is 0 Å². The molecule has 0 N–H and O–H groups in total. The summed E-state index contributed by atoms with van der Waals surface area (Å²) >= 11 is 0. The van der Waals surface area contributed by atoms with Crippen LogP contribution in [0.2, 0.25) is 12.1 Å². The van der Waals surface area contributed by atoms with Crippen LogP contribution in [0.15, 0.2) is 0 Å². The van der Waals surface area contributed by atoms with Crippen LogP contribution >= 0.6 is 0 Å². The van der Waals surface area contributed by atoms with Crippen molar-refractivity contribution in [3.8, 4) is 0 Å². The van der Waals surface area contributed by atoms with E-state index in [1.807, 2.05) is 27.7 Å². The molecule has 0 aliphatic heterocycles. The lowest BCUT2D eigenvalue weighted by Crippen LogP contribution is -2.59. The van der Waals surface area contributed by atoms with Crippen LogP contribution in [0.5, 0.6) is 0 Å². The lowest BCUT2D eigenvalue weighted by atomic mass is 10.5. The third kappa shape index (κ3) is 9.05. The Kier molecular flexibility index (Phi) is 11.8. The van der Waals surface area contributed by atoms with Crippen molar-refractivity contribution < 1.29 is 21.8 Å². The van der Waals surface area contributed by atoms with Gasteiger partial charge in [0.2, 0.25) is 0 Å². The first kappa shape index (κ1) is 24.2. The van der Waals surface area contributed by atoms with Gasteiger partial charge in [0.1, 0.15) is 0 Å². The SMILES string of the molecule is CCC[Si](OC)(OC(C)C)O[Si](CCCN(C)C)(OC)OC(C)C. The van der Waals surface area contributed by atoms with Crippen molar-refractivity contribution in [2.24, 2.45) is 0 Å². The number of rotatable bonds is 14. The average molecular weight is 382 g/mol. The zero-order chi connectivity index (χ0) is 18.8. The number of nitrogens with zero attached hydrogens (tertiary/aromatic N) is 1. The van der Waals surface area contributed by atoms with Crippen molar-refractivity contribution in [2.75, 3.05) is 34.9 Å². The Morgan fingerprint density at radius 3 is 1.62 bits per heavy atom. The summed E-state index contributed by atoms with van der Waals surface area (Å²) < 4.78 is 30.6. The van der Waals surface area contributed by atoms with Gasteiger partial charge in [0.25, 0.3) is 0 Å². The molecule has 6 nitrogen and oxygen atoms in total. The van der Waals surface area contributed by atoms with Gasteiger partial charge < -0.3 is 26.7 Å². The van der Waals surface area contributed by atoms with Crippen molar-refractivity contribution in [1.29, 1.82) is 0 Å². The highest BCUT2D eigenvalue weighted by atomic mass is 28.5. The molecule has 0 aromatic rings. The summed E-state index contributed by atoms with van der Waals surface area (Å²) in [7, 11) is 1.77. The van der Waals surface area contributed by atoms with Crippen LogP contribution in [0.25, 0.3) is 0 Å². The van der Waals surface area contributed by atoms with Gasteiger partial charge in [-0.25, -0.2) is 0 Å². The molecule has 0 aliphatic carbocycles. The Bertz CT molecular complexity index is 334. The number of hydrogen-bond donors (Lipinski definition) is 0. The van der Waals surface area contributed by atoms with Crippen molar-refractivity contribution >= 4 is 17.6 Å². The molecular weight excluding hydrogens is 342 g/mol. The summed E-state index contributed by atoms with van der Waals surface area (Å²) in [6.07, 6.45) is 1.94. The van der Waals surface area contributed by atoms with Gasteiger partial charge in [0, 0.05) is 38.5 Å². The predicted molar refractivity (Wildman–Crippen MR) is 102 cm³/mol. The normalized spacial score (nSPS) is 17.5. The van der Waals surface area contributed by atoms with Crippen LogP contribution in [0.1, 0.15) is 47.5 Å². The summed E-state index contributed by atoms with van der Waals surface area (Å²) in [6.45, 7) is 11.1. The monoisotopic (exact) mass is 381 g/mol. The zero-order valence-corrected chi connectivity index (χ0v) is 19.2. The van der Waals surface area contributed by atoms with E-state index in [1.165, 1.54) is 0 Å². The van der Waals surface area contributed by atoms with Gasteiger partial charge in [-0.05, 0) is 54.8 Å². The minimum Gasteiger partial charge on any atom is -0.377 e. The zero-order valence-electron chi connectivity index (χ0n) is 17.2. The molecule has 146 valence electrons. The minimum atomic E-state index is -2.87. The molecule has 0 amide bonds. The van der Waals surface area contributed by atoms with Crippen molar-refractivity contribution in [3.05, 3.63) is 0 Å². The molecule has 0 radical (unpaired) electrons. The molecule has 8 heteroatoms. The van der Waals surface area contributed by atoms with Crippen LogP contribution in [-0.2, 0) is 21.8 Å². The maximum Gasteiger partial charge on any atom is 0.493 e. The predicted octanol–water partition coefficient (Wildman–Crippen LogP) is 3.39. The summed E-state index contributed by atoms with van der Waals surface area (Å²) in [5.74, 6) is 0. The third-order valence-electron chi connectivity index (χ3n) is 3.41. The second-order valence-corrected chi connectivity index (χ2v) is 12.7. The molecular formula is C16H39NO5Si2. The molecule has 0 aromatic carbocycles. The highest BCUT2D eigenvalue weighted by Crippen LogP contribution is 2.29. The highest BCUT2D eigenvalue weighted by molar-refractivity contribution is 6.75. The Morgan fingerprint density at radius 2 is 1.29 bits per heavy atom. The van der Waals surface area contributed by atoms with Gasteiger partial charge in [-0.15, -0.1) is 0 Å². The van der Waals surface area contributed by atoms with E-state index in [4.69, 9.17) is 21.8 Å². The first-order valence-corrected chi connectivity index (χ1v) is 12.8. The fourth-order valence-corrected chi connectivity index (χ4v) is 9.76. The van der Waals surface area contributed by atoms with Gasteiger partial charge in [-0.2, -0.15) is 0 Å². The second kappa shape index (κ2) is 11.7. The Balaban J connectivity index is 5.39. The van der Waals surface area contributed by atoms with E-state index in [-0.39, 0.29) is 12.2 Å². The molecule has 0 saturated heterocycles. The largest absolute Gasteiger partial charge is 0.493 e. The molecule has 24 heavy (non-hydrogen) atoms. The molecule has 2 atom stereocenters. The molecule has 0 bridgehead atoms. The molecule has 0 aromatic heterocycles. The Labute approximate surface area is 151 Å². The number of hydrogen-bond acceptors (Lipinski definition) is 6. The molecule has 0 heterocycles. The average Bonchev–Trinajstić information content (AvgIpc) is 2.45. The Hall–Kier alpha value is 0.194. The first-order chi connectivity index (χ1) is 11.1.